The number of aromatic nitrogens is 2. The summed E-state index contributed by atoms with van der Waals surface area (Å²) in [5, 5.41) is 0.408. The molecule has 0 bridgehead atoms. The molecule has 0 aliphatic carbocycles. The van der Waals surface area contributed by atoms with Gasteiger partial charge in [0, 0.05) is 17.0 Å². The fourth-order valence-corrected chi connectivity index (χ4v) is 2.57. The van der Waals surface area contributed by atoms with E-state index in [1.54, 1.807) is 13.0 Å². The van der Waals surface area contributed by atoms with Crippen LogP contribution in [0, 0.1) is 5.82 Å². The van der Waals surface area contributed by atoms with E-state index in [0.717, 1.165) is 4.90 Å². The summed E-state index contributed by atoms with van der Waals surface area (Å²) in [6.07, 6.45) is 0. The van der Waals surface area contributed by atoms with Gasteiger partial charge in [0.25, 0.3) is 0 Å². The van der Waals surface area contributed by atoms with Crippen molar-refractivity contribution in [3.63, 3.8) is 0 Å². The molecule has 7 heteroatoms. The van der Waals surface area contributed by atoms with Gasteiger partial charge in [-0.1, -0.05) is 0 Å². The van der Waals surface area contributed by atoms with E-state index in [0.29, 0.717) is 22.4 Å². The van der Waals surface area contributed by atoms with Crippen molar-refractivity contribution in [3.8, 4) is 0 Å². The number of nitrogens with zero attached hydrogens (tertiary/aromatic N) is 2. The first-order valence-electron chi connectivity index (χ1n) is 5.58. The Morgan fingerprint density at radius 2 is 1.79 bits per heavy atom. The highest BCUT2D eigenvalue weighted by molar-refractivity contribution is 7.99. The molecule has 0 fully saturated rings. The van der Waals surface area contributed by atoms with Crippen molar-refractivity contribution >= 4 is 23.4 Å². The highest BCUT2D eigenvalue weighted by atomic mass is 32.2. The highest BCUT2D eigenvalue weighted by Crippen LogP contribution is 2.32. The van der Waals surface area contributed by atoms with Crippen LogP contribution in [-0.4, -0.2) is 9.97 Å². The largest absolute Gasteiger partial charge is 0.383 e. The molecule has 2 aromatic rings. The molecule has 100 valence electrons. The summed E-state index contributed by atoms with van der Waals surface area (Å²) in [5.74, 6) is 0.253. The van der Waals surface area contributed by atoms with E-state index in [-0.39, 0.29) is 11.9 Å². The standard InChI is InChI=1S/C12H14FN5S/c1-6(14)8-4-7(13)2-3-9(8)19-12-17-10(15)5-11(16)18-12/h2-6H,14H2,1H3,(H4,15,16,17,18)/t6-/m1/s1. The quantitative estimate of drug-likeness (QED) is 0.742. The molecule has 19 heavy (non-hydrogen) atoms. The molecule has 1 aromatic carbocycles. The molecule has 0 saturated heterocycles. The minimum Gasteiger partial charge on any atom is -0.383 e. The van der Waals surface area contributed by atoms with Crippen LogP contribution in [0.3, 0.4) is 0 Å². The van der Waals surface area contributed by atoms with Gasteiger partial charge in [-0.05, 0) is 42.4 Å². The van der Waals surface area contributed by atoms with Gasteiger partial charge in [0.2, 0.25) is 0 Å². The van der Waals surface area contributed by atoms with Crippen molar-refractivity contribution in [2.24, 2.45) is 5.73 Å². The Kier molecular flexibility index (Phi) is 3.87. The summed E-state index contributed by atoms with van der Waals surface area (Å²) in [7, 11) is 0. The third kappa shape index (κ3) is 3.33. The molecule has 2 rings (SSSR count). The Labute approximate surface area is 114 Å². The van der Waals surface area contributed by atoms with E-state index in [1.807, 2.05) is 0 Å². The fraction of sp³-hybridized carbons (Fsp3) is 0.167. The molecule has 0 radical (unpaired) electrons. The van der Waals surface area contributed by atoms with Gasteiger partial charge in [-0.3, -0.25) is 0 Å². The van der Waals surface area contributed by atoms with Gasteiger partial charge in [0.15, 0.2) is 5.16 Å². The van der Waals surface area contributed by atoms with E-state index in [2.05, 4.69) is 9.97 Å². The lowest BCUT2D eigenvalue weighted by Gasteiger charge is -2.12. The minimum atomic E-state index is -0.329. The third-order valence-electron chi connectivity index (χ3n) is 2.41. The second kappa shape index (κ2) is 5.41. The van der Waals surface area contributed by atoms with Crippen LogP contribution in [-0.2, 0) is 0 Å². The molecule has 0 saturated carbocycles. The summed E-state index contributed by atoms with van der Waals surface area (Å²) in [4.78, 5) is 8.91. The van der Waals surface area contributed by atoms with Gasteiger partial charge in [-0.2, -0.15) is 0 Å². The Morgan fingerprint density at radius 3 is 2.37 bits per heavy atom. The van der Waals surface area contributed by atoms with Crippen LogP contribution in [0.4, 0.5) is 16.0 Å². The van der Waals surface area contributed by atoms with E-state index in [4.69, 9.17) is 17.2 Å². The van der Waals surface area contributed by atoms with Gasteiger partial charge in [-0.15, -0.1) is 0 Å². The second-order valence-electron chi connectivity index (χ2n) is 4.07. The first kappa shape index (κ1) is 13.6. The minimum absolute atomic E-state index is 0.291. The van der Waals surface area contributed by atoms with Crippen LogP contribution in [0.2, 0.25) is 0 Å². The smallest absolute Gasteiger partial charge is 0.196 e. The number of hydrogen-bond acceptors (Lipinski definition) is 6. The number of nitrogen functional groups attached to an aromatic ring is 2. The topological polar surface area (TPSA) is 104 Å². The molecule has 5 nitrogen and oxygen atoms in total. The van der Waals surface area contributed by atoms with Crippen LogP contribution in [0.5, 0.6) is 0 Å². The Balaban J connectivity index is 2.37. The first-order chi connectivity index (χ1) is 8.95. The van der Waals surface area contributed by atoms with Crippen LogP contribution in [0.25, 0.3) is 0 Å². The first-order valence-corrected chi connectivity index (χ1v) is 6.40. The van der Waals surface area contributed by atoms with Gasteiger partial charge < -0.3 is 17.2 Å². The lowest BCUT2D eigenvalue weighted by Crippen LogP contribution is -2.07. The molecule has 1 atom stereocenters. The fourth-order valence-electron chi connectivity index (χ4n) is 1.57. The number of rotatable bonds is 3. The lowest BCUT2D eigenvalue weighted by atomic mass is 10.1. The molecule has 0 aliphatic rings. The van der Waals surface area contributed by atoms with Crippen LogP contribution in [0.15, 0.2) is 34.3 Å². The van der Waals surface area contributed by atoms with Crippen LogP contribution in [0.1, 0.15) is 18.5 Å². The Morgan fingerprint density at radius 1 is 1.16 bits per heavy atom. The molecular weight excluding hydrogens is 265 g/mol. The number of nitrogens with two attached hydrogens (primary N) is 3. The van der Waals surface area contributed by atoms with Crippen molar-refractivity contribution in [2.75, 3.05) is 11.5 Å². The molecule has 6 N–H and O–H groups in total. The van der Waals surface area contributed by atoms with Crippen molar-refractivity contribution < 1.29 is 4.39 Å². The van der Waals surface area contributed by atoms with Crippen LogP contribution < -0.4 is 17.2 Å². The predicted octanol–water partition coefficient (Wildman–Crippen LogP) is 1.95. The average Bonchev–Trinajstić information content (AvgIpc) is 2.30. The second-order valence-corrected chi connectivity index (χ2v) is 5.08. The SMILES string of the molecule is C[C@@H](N)c1cc(F)ccc1Sc1nc(N)cc(N)n1. The lowest BCUT2D eigenvalue weighted by molar-refractivity contribution is 0.619. The molecule has 1 heterocycles. The van der Waals surface area contributed by atoms with Crippen molar-refractivity contribution in [2.45, 2.75) is 23.0 Å². The number of halogens is 1. The average molecular weight is 279 g/mol. The molecule has 0 unspecified atom stereocenters. The zero-order chi connectivity index (χ0) is 14.0. The van der Waals surface area contributed by atoms with Gasteiger partial charge in [-0.25, -0.2) is 14.4 Å². The third-order valence-corrected chi connectivity index (χ3v) is 3.37. The number of benzene rings is 1. The van der Waals surface area contributed by atoms with Crippen LogP contribution >= 0.6 is 11.8 Å². The zero-order valence-corrected chi connectivity index (χ0v) is 11.1. The van der Waals surface area contributed by atoms with E-state index in [9.17, 15) is 4.39 Å². The molecule has 0 spiro atoms. The van der Waals surface area contributed by atoms with Gasteiger partial charge in [0.1, 0.15) is 17.5 Å². The van der Waals surface area contributed by atoms with Crippen molar-refractivity contribution in [1.29, 1.82) is 0 Å². The number of anilines is 2. The summed E-state index contributed by atoms with van der Waals surface area (Å²) in [6, 6.07) is 5.59. The maximum absolute atomic E-state index is 13.2. The molecular formula is C12H14FN5S. The zero-order valence-electron chi connectivity index (χ0n) is 10.3. The summed E-state index contributed by atoms with van der Waals surface area (Å²) >= 11 is 1.25. The predicted molar refractivity (Wildman–Crippen MR) is 74.0 cm³/mol. The normalized spacial score (nSPS) is 12.4. The highest BCUT2D eigenvalue weighted by Gasteiger charge is 2.12. The molecule has 0 amide bonds. The van der Waals surface area contributed by atoms with Gasteiger partial charge in [0.05, 0.1) is 0 Å². The number of hydrogen-bond donors (Lipinski definition) is 3. The molecule has 1 aromatic heterocycles. The Hall–Kier alpha value is -1.86. The maximum atomic E-state index is 13.2. The summed E-state index contributed by atoms with van der Waals surface area (Å²) in [6.45, 7) is 1.79. The van der Waals surface area contributed by atoms with Crippen molar-refractivity contribution in [3.05, 3.63) is 35.6 Å². The Bertz CT molecular complexity index is 582. The van der Waals surface area contributed by atoms with E-state index in [1.165, 1.54) is 30.0 Å². The summed E-state index contributed by atoms with van der Waals surface area (Å²) < 4.78 is 13.2. The van der Waals surface area contributed by atoms with E-state index < -0.39 is 0 Å². The maximum Gasteiger partial charge on any atom is 0.196 e. The van der Waals surface area contributed by atoms with Crippen molar-refractivity contribution in [1.82, 2.24) is 9.97 Å². The monoisotopic (exact) mass is 279 g/mol. The van der Waals surface area contributed by atoms with Gasteiger partial charge >= 0.3 is 0 Å². The van der Waals surface area contributed by atoms with E-state index >= 15 is 0 Å². The summed E-state index contributed by atoms with van der Waals surface area (Å²) in [5.41, 5.74) is 17.7. The molecule has 0 aliphatic heterocycles.